The van der Waals surface area contributed by atoms with Crippen LogP contribution in [0.3, 0.4) is 0 Å². The second kappa shape index (κ2) is 15.1. The van der Waals surface area contributed by atoms with Crippen molar-refractivity contribution < 1.29 is 38.2 Å². The smallest absolute Gasteiger partial charge is 0.310 e. The number of hydrazine groups is 1. The molecule has 3 aromatic rings. The summed E-state index contributed by atoms with van der Waals surface area (Å²) in [5.74, 6) is -2.75. The number of nitrogens with zero attached hydrogens (tertiary/aromatic N) is 2. The summed E-state index contributed by atoms with van der Waals surface area (Å²) in [6, 6.07) is 22.0. The summed E-state index contributed by atoms with van der Waals surface area (Å²) in [5.41, 5.74) is 2.49. The number of hydrogen-bond acceptors (Lipinski definition) is 8. The predicted octanol–water partition coefficient (Wildman–Crippen LogP) is 2.47. The average molecular weight is 668 g/mol. The molecule has 0 bridgehead atoms. The van der Waals surface area contributed by atoms with Crippen molar-refractivity contribution in [2.75, 3.05) is 11.9 Å². The van der Waals surface area contributed by atoms with Crippen LogP contribution in [0.5, 0.6) is 0 Å². The summed E-state index contributed by atoms with van der Waals surface area (Å²) in [6.45, 7) is 0.411. The van der Waals surface area contributed by atoms with E-state index >= 15 is 0 Å². The summed E-state index contributed by atoms with van der Waals surface area (Å²) in [5, 5.41) is 10.8. The van der Waals surface area contributed by atoms with E-state index in [1.807, 2.05) is 60.7 Å². The number of esters is 1. The van der Waals surface area contributed by atoms with Gasteiger partial charge in [0.2, 0.25) is 24.0 Å². The van der Waals surface area contributed by atoms with E-state index in [0.717, 1.165) is 16.1 Å². The van der Waals surface area contributed by atoms with E-state index in [-0.39, 0.29) is 62.6 Å². The van der Waals surface area contributed by atoms with Gasteiger partial charge in [-0.2, -0.15) is 0 Å². The SMILES string of the molecule is O=C(Cc1ccccc1)Nc1ccc(C(=O)N[C@H]2CCC(=O)N3CCC[C@@H](C(=O)N[C@H]4CC(=O)OC4OCc4ccccc4)N3C2=O)cc1. The van der Waals surface area contributed by atoms with E-state index in [2.05, 4.69) is 16.0 Å². The Morgan fingerprint density at radius 1 is 0.837 bits per heavy atom. The second-order valence-electron chi connectivity index (χ2n) is 12.2. The van der Waals surface area contributed by atoms with Crippen LogP contribution in [0.4, 0.5) is 5.69 Å². The molecule has 0 aromatic heterocycles. The zero-order chi connectivity index (χ0) is 34.3. The minimum Gasteiger partial charge on any atom is -0.433 e. The molecule has 254 valence electrons. The summed E-state index contributed by atoms with van der Waals surface area (Å²) < 4.78 is 11.1. The van der Waals surface area contributed by atoms with Crippen LogP contribution in [0.15, 0.2) is 84.9 Å². The van der Waals surface area contributed by atoms with E-state index in [4.69, 9.17) is 9.47 Å². The fraction of sp³-hybridized carbons (Fsp3) is 0.333. The first kappa shape index (κ1) is 33.3. The third-order valence-electron chi connectivity index (χ3n) is 8.66. The van der Waals surface area contributed by atoms with E-state index in [1.165, 1.54) is 17.1 Å². The number of cyclic esters (lactones) is 1. The molecule has 3 aliphatic rings. The normalized spacial score (nSPS) is 22.1. The molecule has 0 aliphatic carbocycles. The predicted molar refractivity (Wildman–Crippen MR) is 175 cm³/mol. The molecule has 3 saturated heterocycles. The lowest BCUT2D eigenvalue weighted by Crippen LogP contribution is -2.64. The van der Waals surface area contributed by atoms with Crippen molar-refractivity contribution >= 4 is 41.2 Å². The highest BCUT2D eigenvalue weighted by Crippen LogP contribution is 2.26. The van der Waals surface area contributed by atoms with Crippen molar-refractivity contribution in [1.29, 1.82) is 0 Å². The van der Waals surface area contributed by atoms with Crippen LogP contribution in [0.25, 0.3) is 0 Å². The molecule has 3 fully saturated rings. The molecule has 0 spiro atoms. The topological polar surface area (TPSA) is 163 Å². The van der Waals surface area contributed by atoms with Crippen molar-refractivity contribution in [1.82, 2.24) is 20.7 Å². The van der Waals surface area contributed by atoms with Gasteiger partial charge in [0.25, 0.3) is 11.8 Å². The molecule has 0 saturated carbocycles. The fourth-order valence-electron chi connectivity index (χ4n) is 6.18. The van der Waals surface area contributed by atoms with Gasteiger partial charge in [0.1, 0.15) is 18.1 Å². The molecule has 5 amide bonds. The summed E-state index contributed by atoms with van der Waals surface area (Å²) in [6.07, 6.45) is -0.125. The van der Waals surface area contributed by atoms with Gasteiger partial charge in [0.15, 0.2) is 0 Å². The molecule has 3 N–H and O–H groups in total. The van der Waals surface area contributed by atoms with Crippen LogP contribution < -0.4 is 16.0 Å². The summed E-state index contributed by atoms with van der Waals surface area (Å²) in [4.78, 5) is 78.6. The minimum absolute atomic E-state index is 0.00568. The van der Waals surface area contributed by atoms with Gasteiger partial charge >= 0.3 is 5.97 Å². The molecular weight excluding hydrogens is 630 g/mol. The lowest BCUT2D eigenvalue weighted by Gasteiger charge is -2.43. The number of amides is 5. The average Bonchev–Trinajstić information content (AvgIpc) is 3.41. The number of rotatable bonds is 10. The van der Waals surface area contributed by atoms with Gasteiger partial charge in [-0.25, -0.2) is 5.01 Å². The van der Waals surface area contributed by atoms with Crippen LogP contribution >= 0.6 is 0 Å². The lowest BCUT2D eigenvalue weighted by atomic mass is 10.0. The molecule has 3 aromatic carbocycles. The Bertz CT molecular complexity index is 1700. The Morgan fingerprint density at radius 2 is 1.53 bits per heavy atom. The van der Waals surface area contributed by atoms with Crippen LogP contribution in [-0.2, 0) is 46.5 Å². The number of carbonyl (C=O) groups excluding carboxylic acids is 6. The molecular formula is C36H37N5O8. The van der Waals surface area contributed by atoms with Crippen LogP contribution in [0.2, 0.25) is 0 Å². The highest BCUT2D eigenvalue weighted by Gasteiger charge is 2.46. The van der Waals surface area contributed by atoms with Gasteiger partial charge in [-0.1, -0.05) is 60.7 Å². The third kappa shape index (κ3) is 8.12. The molecule has 49 heavy (non-hydrogen) atoms. The van der Waals surface area contributed by atoms with Crippen LogP contribution in [0, 0.1) is 0 Å². The zero-order valence-corrected chi connectivity index (χ0v) is 26.7. The Balaban J connectivity index is 1.09. The molecule has 13 heteroatoms. The van der Waals surface area contributed by atoms with Crippen molar-refractivity contribution in [3.63, 3.8) is 0 Å². The number of anilines is 1. The first-order chi connectivity index (χ1) is 23.7. The number of ether oxygens (including phenoxy) is 2. The Labute approximate surface area is 282 Å². The maximum Gasteiger partial charge on any atom is 0.310 e. The van der Waals surface area contributed by atoms with Gasteiger partial charge in [0.05, 0.1) is 19.4 Å². The van der Waals surface area contributed by atoms with Gasteiger partial charge in [-0.3, -0.25) is 33.8 Å². The van der Waals surface area contributed by atoms with Crippen molar-refractivity contribution in [2.45, 2.75) is 69.5 Å². The third-order valence-corrected chi connectivity index (χ3v) is 8.66. The monoisotopic (exact) mass is 667 g/mol. The van der Waals surface area contributed by atoms with Crippen LogP contribution in [-0.4, -0.2) is 76.5 Å². The first-order valence-electron chi connectivity index (χ1n) is 16.3. The highest BCUT2D eigenvalue weighted by molar-refractivity contribution is 6.00. The molecule has 1 unspecified atom stereocenters. The van der Waals surface area contributed by atoms with Crippen molar-refractivity contribution in [3.8, 4) is 0 Å². The quantitative estimate of drug-likeness (QED) is 0.278. The number of nitrogens with one attached hydrogen (secondary N) is 3. The zero-order valence-electron chi connectivity index (χ0n) is 26.7. The number of benzene rings is 3. The highest BCUT2D eigenvalue weighted by atomic mass is 16.7. The number of hydrogen-bond donors (Lipinski definition) is 3. The Kier molecular flexibility index (Phi) is 10.3. The Morgan fingerprint density at radius 3 is 2.24 bits per heavy atom. The number of carbonyl (C=O) groups is 6. The fourth-order valence-corrected chi connectivity index (χ4v) is 6.18. The molecule has 13 nitrogen and oxygen atoms in total. The molecule has 3 aliphatic heterocycles. The molecule has 0 radical (unpaired) electrons. The van der Waals surface area contributed by atoms with E-state index in [9.17, 15) is 28.8 Å². The summed E-state index contributed by atoms with van der Waals surface area (Å²) >= 11 is 0. The van der Waals surface area contributed by atoms with Gasteiger partial charge in [-0.05, 0) is 54.7 Å². The summed E-state index contributed by atoms with van der Waals surface area (Å²) in [7, 11) is 0. The maximum atomic E-state index is 13.9. The minimum atomic E-state index is -1.07. The van der Waals surface area contributed by atoms with Gasteiger partial charge in [0, 0.05) is 24.2 Å². The molecule has 3 heterocycles. The first-order valence-corrected chi connectivity index (χ1v) is 16.3. The van der Waals surface area contributed by atoms with Crippen LogP contribution in [0.1, 0.15) is 53.6 Å². The van der Waals surface area contributed by atoms with Crippen molar-refractivity contribution in [3.05, 3.63) is 102 Å². The van der Waals surface area contributed by atoms with E-state index < -0.39 is 48.1 Å². The number of fused-ring (bicyclic) bond motifs is 1. The van der Waals surface area contributed by atoms with Crippen molar-refractivity contribution in [2.24, 2.45) is 0 Å². The maximum absolute atomic E-state index is 13.9. The lowest BCUT2D eigenvalue weighted by molar-refractivity contribution is -0.177. The van der Waals surface area contributed by atoms with Gasteiger partial charge < -0.3 is 25.4 Å². The largest absolute Gasteiger partial charge is 0.433 e. The second-order valence-corrected chi connectivity index (χ2v) is 12.2. The molecule has 4 atom stereocenters. The standard InChI is InChI=1S/C36H37N5O8/c42-30(20-23-8-3-1-4-9-23)37-26-15-13-25(14-16-26)33(45)38-27-17-18-31(43)40-19-7-12-29(41(40)35(27)47)34(46)39-28-21-32(44)49-36(28)48-22-24-10-5-2-6-11-24/h1-6,8-11,13-16,27-29,36H,7,12,17-22H2,(H,37,42)(H,38,45)(H,39,46)/t27-,28-,29-,36?/m0/s1. The van der Waals surface area contributed by atoms with E-state index in [1.54, 1.807) is 12.1 Å². The van der Waals surface area contributed by atoms with E-state index in [0.29, 0.717) is 12.1 Å². The molecule has 6 rings (SSSR count). The van der Waals surface area contributed by atoms with Gasteiger partial charge in [-0.15, -0.1) is 0 Å². The Hall–Kier alpha value is -5.56.